The standard InChI is InChI=1S/C7H15N3O3S2/c1-7(8)5-10(4-3-9-14-2)6-15(11,12)13/h3-4,8-9H,5-6H2,1-2H3,(H,11,12,13)/b4-3-,8-7?. The minimum atomic E-state index is -4.06. The predicted octanol–water partition coefficient (Wildman–Crippen LogP) is 0.512. The van der Waals surface area contributed by atoms with E-state index in [-0.39, 0.29) is 6.54 Å². The molecule has 0 aromatic rings. The van der Waals surface area contributed by atoms with Gasteiger partial charge in [-0.2, -0.15) is 8.42 Å². The second-order valence-corrected chi connectivity index (χ2v) is 4.94. The van der Waals surface area contributed by atoms with E-state index in [1.54, 1.807) is 13.1 Å². The Labute approximate surface area is 94.1 Å². The Balaban J connectivity index is 4.38. The molecule has 0 atom stereocenters. The fraction of sp³-hybridized carbons (Fsp3) is 0.571. The summed E-state index contributed by atoms with van der Waals surface area (Å²) in [4.78, 5) is 1.32. The first kappa shape index (κ1) is 14.3. The third kappa shape index (κ3) is 9.57. The van der Waals surface area contributed by atoms with Crippen LogP contribution >= 0.6 is 11.9 Å². The van der Waals surface area contributed by atoms with Crippen LogP contribution in [0.1, 0.15) is 6.92 Å². The van der Waals surface area contributed by atoms with Gasteiger partial charge in [-0.25, -0.2) is 0 Å². The van der Waals surface area contributed by atoms with Crippen LogP contribution in [0.25, 0.3) is 0 Å². The SMILES string of the molecule is CSN/C=C\N(CC(C)=N)CS(=O)(=O)O. The van der Waals surface area contributed by atoms with E-state index in [0.717, 1.165) is 0 Å². The van der Waals surface area contributed by atoms with Crippen molar-refractivity contribution < 1.29 is 13.0 Å². The molecule has 0 bridgehead atoms. The maximum Gasteiger partial charge on any atom is 0.283 e. The lowest BCUT2D eigenvalue weighted by Crippen LogP contribution is -2.29. The van der Waals surface area contributed by atoms with Crippen LogP contribution in [0.5, 0.6) is 0 Å². The molecule has 0 spiro atoms. The molecule has 0 aromatic carbocycles. The van der Waals surface area contributed by atoms with Gasteiger partial charge < -0.3 is 15.0 Å². The zero-order chi connectivity index (χ0) is 11.9. The first-order valence-electron chi connectivity index (χ1n) is 4.03. The molecule has 0 aromatic heterocycles. The van der Waals surface area contributed by atoms with Gasteiger partial charge in [0.1, 0.15) is 5.88 Å². The van der Waals surface area contributed by atoms with E-state index >= 15 is 0 Å². The summed E-state index contributed by atoms with van der Waals surface area (Å²) in [5.74, 6) is -0.518. The fourth-order valence-corrected chi connectivity index (χ4v) is 1.65. The predicted molar refractivity (Wildman–Crippen MR) is 62.3 cm³/mol. The molecule has 0 fully saturated rings. The summed E-state index contributed by atoms with van der Waals surface area (Å²) in [7, 11) is -4.06. The first-order chi connectivity index (χ1) is 6.85. The number of rotatable bonds is 7. The van der Waals surface area contributed by atoms with Crippen molar-refractivity contribution in [2.75, 3.05) is 18.7 Å². The Morgan fingerprint density at radius 3 is 2.67 bits per heavy atom. The minimum Gasteiger partial charge on any atom is -0.355 e. The van der Waals surface area contributed by atoms with Gasteiger partial charge in [-0.3, -0.25) is 4.55 Å². The van der Waals surface area contributed by atoms with E-state index in [9.17, 15) is 8.42 Å². The molecule has 0 aliphatic carbocycles. The summed E-state index contributed by atoms with van der Waals surface area (Å²) in [5.41, 5.74) is 0.312. The number of nitrogens with one attached hydrogen (secondary N) is 2. The van der Waals surface area contributed by atoms with Crippen LogP contribution in [-0.4, -0.2) is 42.3 Å². The van der Waals surface area contributed by atoms with E-state index in [0.29, 0.717) is 5.71 Å². The first-order valence-corrected chi connectivity index (χ1v) is 6.87. The third-order valence-corrected chi connectivity index (χ3v) is 2.27. The minimum absolute atomic E-state index is 0.159. The number of hydrogen-bond donors (Lipinski definition) is 3. The molecule has 8 heteroatoms. The van der Waals surface area contributed by atoms with Gasteiger partial charge in [0.2, 0.25) is 0 Å². The van der Waals surface area contributed by atoms with Crippen LogP contribution in [0.2, 0.25) is 0 Å². The van der Waals surface area contributed by atoms with E-state index < -0.39 is 16.0 Å². The molecule has 0 saturated heterocycles. The number of hydrogen-bond acceptors (Lipinski definition) is 6. The molecule has 0 heterocycles. The lowest BCUT2D eigenvalue weighted by molar-refractivity contribution is 0.425. The number of nitrogens with zero attached hydrogens (tertiary/aromatic N) is 1. The van der Waals surface area contributed by atoms with Gasteiger partial charge in [0.15, 0.2) is 0 Å². The van der Waals surface area contributed by atoms with Crippen molar-refractivity contribution in [1.29, 1.82) is 5.41 Å². The molecule has 0 rings (SSSR count). The smallest absolute Gasteiger partial charge is 0.283 e. The van der Waals surface area contributed by atoms with Crippen molar-refractivity contribution in [2.24, 2.45) is 0 Å². The Morgan fingerprint density at radius 1 is 1.67 bits per heavy atom. The van der Waals surface area contributed by atoms with Gasteiger partial charge in [-0.05, 0) is 6.92 Å². The third-order valence-electron chi connectivity index (χ3n) is 1.24. The van der Waals surface area contributed by atoms with Gasteiger partial charge in [0.25, 0.3) is 10.1 Å². The van der Waals surface area contributed by atoms with E-state index in [2.05, 4.69) is 4.72 Å². The van der Waals surface area contributed by atoms with Gasteiger partial charge in [0, 0.05) is 24.4 Å². The molecule has 0 radical (unpaired) electrons. The quantitative estimate of drug-likeness (QED) is 0.348. The van der Waals surface area contributed by atoms with Crippen LogP contribution in [0.4, 0.5) is 0 Å². The highest BCUT2D eigenvalue weighted by molar-refractivity contribution is 7.96. The van der Waals surface area contributed by atoms with Crippen molar-refractivity contribution >= 4 is 27.8 Å². The lowest BCUT2D eigenvalue weighted by Gasteiger charge is -2.17. The molecule has 3 N–H and O–H groups in total. The maximum atomic E-state index is 10.6. The zero-order valence-electron chi connectivity index (χ0n) is 8.60. The molecule has 15 heavy (non-hydrogen) atoms. The summed E-state index contributed by atoms with van der Waals surface area (Å²) in [6.07, 6.45) is 4.83. The second kappa shape index (κ2) is 6.70. The highest BCUT2D eigenvalue weighted by atomic mass is 32.2. The normalized spacial score (nSPS) is 11.7. The maximum absolute atomic E-state index is 10.6. The van der Waals surface area contributed by atoms with Crippen LogP contribution in [0, 0.1) is 5.41 Å². The highest BCUT2D eigenvalue weighted by Crippen LogP contribution is 1.96. The fourth-order valence-electron chi connectivity index (χ4n) is 0.859. The van der Waals surface area contributed by atoms with Crippen molar-refractivity contribution in [2.45, 2.75) is 6.92 Å². The van der Waals surface area contributed by atoms with Crippen LogP contribution in [0.3, 0.4) is 0 Å². The molecular weight excluding hydrogens is 238 g/mol. The Kier molecular flexibility index (Phi) is 6.37. The highest BCUT2D eigenvalue weighted by Gasteiger charge is 2.10. The summed E-state index contributed by atoms with van der Waals surface area (Å²) in [5, 5.41) is 7.24. The molecule has 6 nitrogen and oxygen atoms in total. The Morgan fingerprint density at radius 2 is 2.27 bits per heavy atom. The average molecular weight is 253 g/mol. The molecule has 0 saturated carbocycles. The van der Waals surface area contributed by atoms with Gasteiger partial charge in [0.05, 0.1) is 6.54 Å². The summed E-state index contributed by atoms with van der Waals surface area (Å²) in [6, 6.07) is 0. The van der Waals surface area contributed by atoms with Crippen molar-refractivity contribution in [3.63, 3.8) is 0 Å². The van der Waals surface area contributed by atoms with E-state index in [1.165, 1.54) is 23.0 Å². The van der Waals surface area contributed by atoms with E-state index in [1.807, 2.05) is 6.26 Å². The summed E-state index contributed by atoms with van der Waals surface area (Å²) >= 11 is 1.35. The van der Waals surface area contributed by atoms with Gasteiger partial charge in [-0.1, -0.05) is 11.9 Å². The molecule has 0 amide bonds. The van der Waals surface area contributed by atoms with Crippen molar-refractivity contribution in [1.82, 2.24) is 9.62 Å². The van der Waals surface area contributed by atoms with E-state index in [4.69, 9.17) is 9.96 Å². The average Bonchev–Trinajstić information content (AvgIpc) is 2.00. The largest absolute Gasteiger partial charge is 0.355 e. The van der Waals surface area contributed by atoms with Crippen LogP contribution in [-0.2, 0) is 10.1 Å². The van der Waals surface area contributed by atoms with Crippen molar-refractivity contribution in [3.05, 3.63) is 12.4 Å². The zero-order valence-corrected chi connectivity index (χ0v) is 10.2. The molecule has 0 aliphatic heterocycles. The topological polar surface area (TPSA) is 93.5 Å². The van der Waals surface area contributed by atoms with Crippen LogP contribution in [0.15, 0.2) is 12.4 Å². The summed E-state index contributed by atoms with van der Waals surface area (Å²) < 4.78 is 32.7. The van der Waals surface area contributed by atoms with Crippen molar-refractivity contribution in [3.8, 4) is 0 Å². The molecule has 88 valence electrons. The Bertz CT molecular complexity index is 326. The monoisotopic (exact) mass is 253 g/mol. The molecule has 0 aliphatic rings. The molecular formula is C7H15N3O3S2. The lowest BCUT2D eigenvalue weighted by atomic mass is 10.4. The van der Waals surface area contributed by atoms with Gasteiger partial charge >= 0.3 is 0 Å². The summed E-state index contributed by atoms with van der Waals surface area (Å²) in [6.45, 7) is 1.72. The van der Waals surface area contributed by atoms with Crippen LogP contribution < -0.4 is 4.72 Å². The molecule has 0 unspecified atom stereocenters. The Hall–Kier alpha value is -0.730. The van der Waals surface area contributed by atoms with Gasteiger partial charge in [-0.15, -0.1) is 0 Å². The second-order valence-electron chi connectivity index (χ2n) is 2.88.